The van der Waals surface area contributed by atoms with Crippen molar-refractivity contribution in [3.63, 3.8) is 0 Å². The van der Waals surface area contributed by atoms with E-state index in [1.54, 1.807) is 30.5 Å². The Labute approximate surface area is 126 Å². The highest BCUT2D eigenvalue weighted by atomic mass is 32.1. The zero-order valence-corrected chi connectivity index (χ0v) is 12.2. The van der Waals surface area contributed by atoms with Crippen molar-refractivity contribution in [3.05, 3.63) is 64.0 Å². The van der Waals surface area contributed by atoms with Gasteiger partial charge in [-0.1, -0.05) is 18.2 Å². The van der Waals surface area contributed by atoms with Crippen LogP contribution in [0.25, 0.3) is 0 Å². The van der Waals surface area contributed by atoms with Crippen LogP contribution in [0.15, 0.2) is 47.6 Å². The molecule has 1 aliphatic carbocycles. The number of thiazole rings is 1. The second-order valence-corrected chi connectivity index (χ2v) is 5.88. The molecule has 5 heteroatoms. The maximum Gasteiger partial charge on any atom is 0.157 e. The number of nitrogens with zero attached hydrogens (tertiary/aromatic N) is 1. The van der Waals surface area contributed by atoms with Gasteiger partial charge in [0.05, 0.1) is 0 Å². The number of rotatable bonds is 4. The van der Waals surface area contributed by atoms with Crippen molar-refractivity contribution in [2.45, 2.75) is 25.3 Å². The summed E-state index contributed by atoms with van der Waals surface area (Å²) in [6.07, 6.45) is 5.56. The predicted octanol–water partition coefficient (Wildman–Crippen LogP) is 3.60. The quantitative estimate of drug-likeness (QED) is 0.938. The van der Waals surface area contributed by atoms with Crippen LogP contribution in [0.1, 0.15) is 35.9 Å². The van der Waals surface area contributed by atoms with Gasteiger partial charge in [0.2, 0.25) is 0 Å². The minimum absolute atomic E-state index is 0.121. The van der Waals surface area contributed by atoms with Gasteiger partial charge in [0.25, 0.3) is 0 Å². The first kappa shape index (κ1) is 13.9. The molecule has 0 saturated heterocycles. The lowest BCUT2D eigenvalue weighted by atomic mass is 10.0. The summed E-state index contributed by atoms with van der Waals surface area (Å²) in [5, 5.41) is 5.95. The summed E-state index contributed by atoms with van der Waals surface area (Å²) in [6.45, 7) is 0. The molecule has 21 heavy (non-hydrogen) atoms. The summed E-state index contributed by atoms with van der Waals surface area (Å²) in [4.78, 5) is 15.8. The number of hydrogen-bond donors (Lipinski definition) is 1. The molecule has 1 heterocycles. The van der Waals surface area contributed by atoms with Gasteiger partial charge in [0, 0.05) is 35.3 Å². The number of halogens is 1. The van der Waals surface area contributed by atoms with Crippen LogP contribution in [0.4, 0.5) is 4.39 Å². The van der Waals surface area contributed by atoms with E-state index in [0.717, 1.165) is 23.5 Å². The van der Waals surface area contributed by atoms with Crippen LogP contribution in [0.5, 0.6) is 0 Å². The fourth-order valence-corrected chi connectivity index (χ4v) is 3.15. The molecule has 0 aliphatic heterocycles. The van der Waals surface area contributed by atoms with Crippen LogP contribution in [-0.4, -0.2) is 10.8 Å². The minimum Gasteiger partial charge on any atom is -0.375 e. The molecule has 3 rings (SSSR count). The standard InChI is InChI=1S/C16H15FN2OS/c17-14-7-2-1-6-13(14)15(16-18-8-9-21-16)19-11-4-3-5-12(20)10-11/h1-2,6-10,15,19H,3-5H2. The fourth-order valence-electron chi connectivity index (χ4n) is 2.45. The van der Waals surface area contributed by atoms with Gasteiger partial charge < -0.3 is 5.32 Å². The lowest BCUT2D eigenvalue weighted by Crippen LogP contribution is -2.25. The van der Waals surface area contributed by atoms with Crippen LogP contribution in [-0.2, 0) is 4.79 Å². The maximum absolute atomic E-state index is 14.1. The van der Waals surface area contributed by atoms with E-state index in [-0.39, 0.29) is 17.6 Å². The first-order valence-electron chi connectivity index (χ1n) is 6.88. The molecule has 0 fully saturated rings. The monoisotopic (exact) mass is 302 g/mol. The van der Waals surface area contributed by atoms with Gasteiger partial charge in [-0.3, -0.25) is 4.79 Å². The lowest BCUT2D eigenvalue weighted by Gasteiger charge is -2.22. The highest BCUT2D eigenvalue weighted by molar-refractivity contribution is 7.09. The Kier molecular flexibility index (Phi) is 4.10. The van der Waals surface area contributed by atoms with Crippen molar-refractivity contribution in [3.8, 4) is 0 Å². The number of allylic oxidation sites excluding steroid dienone is 2. The summed E-state index contributed by atoms with van der Waals surface area (Å²) in [7, 11) is 0. The highest BCUT2D eigenvalue weighted by Gasteiger charge is 2.22. The molecule has 2 aromatic rings. The molecule has 1 aromatic carbocycles. The summed E-state index contributed by atoms with van der Waals surface area (Å²) in [6, 6.07) is 6.31. The second-order valence-electron chi connectivity index (χ2n) is 4.96. The number of aromatic nitrogens is 1. The number of benzene rings is 1. The van der Waals surface area contributed by atoms with E-state index >= 15 is 0 Å². The molecule has 1 N–H and O–H groups in total. The molecule has 0 spiro atoms. The van der Waals surface area contributed by atoms with Crippen LogP contribution < -0.4 is 5.32 Å². The van der Waals surface area contributed by atoms with Crippen LogP contribution in [0.2, 0.25) is 0 Å². The molecule has 108 valence electrons. The fraction of sp³-hybridized carbons (Fsp3) is 0.250. The third-order valence-corrected chi connectivity index (χ3v) is 4.29. The largest absolute Gasteiger partial charge is 0.375 e. The average molecular weight is 302 g/mol. The topological polar surface area (TPSA) is 42.0 Å². The van der Waals surface area contributed by atoms with Crippen molar-refractivity contribution in [2.75, 3.05) is 0 Å². The van der Waals surface area contributed by atoms with Crippen molar-refractivity contribution in [1.82, 2.24) is 10.3 Å². The average Bonchev–Trinajstić information content (AvgIpc) is 3.00. The summed E-state index contributed by atoms with van der Waals surface area (Å²) in [5.41, 5.74) is 1.40. The smallest absolute Gasteiger partial charge is 0.157 e. The molecule has 1 atom stereocenters. The summed E-state index contributed by atoms with van der Waals surface area (Å²) in [5.74, 6) is -0.150. The van der Waals surface area contributed by atoms with E-state index in [9.17, 15) is 9.18 Å². The molecule has 0 amide bonds. The van der Waals surface area contributed by atoms with E-state index in [0.29, 0.717) is 12.0 Å². The molecule has 0 radical (unpaired) electrons. The van der Waals surface area contributed by atoms with Gasteiger partial charge in [-0.05, 0) is 18.9 Å². The summed E-state index contributed by atoms with van der Waals surface area (Å²) < 4.78 is 14.1. The van der Waals surface area contributed by atoms with Crippen LogP contribution in [0.3, 0.4) is 0 Å². The SMILES string of the molecule is O=C1C=C(NC(c2nccs2)c2ccccc2F)CCC1. The van der Waals surface area contributed by atoms with Gasteiger partial charge in [0.1, 0.15) is 16.9 Å². The Morgan fingerprint density at radius 3 is 2.86 bits per heavy atom. The molecule has 1 aromatic heterocycles. The highest BCUT2D eigenvalue weighted by Crippen LogP contribution is 2.28. The first-order chi connectivity index (χ1) is 10.2. The molecule has 0 bridgehead atoms. The molecule has 1 aliphatic rings. The van der Waals surface area contributed by atoms with E-state index in [2.05, 4.69) is 10.3 Å². The third kappa shape index (κ3) is 3.19. The van der Waals surface area contributed by atoms with Crippen LogP contribution in [0, 0.1) is 5.82 Å². The normalized spacial score (nSPS) is 16.4. The summed E-state index contributed by atoms with van der Waals surface area (Å²) >= 11 is 1.47. The number of carbonyl (C=O) groups is 1. The van der Waals surface area contributed by atoms with E-state index in [4.69, 9.17) is 0 Å². The minimum atomic E-state index is -0.358. The Hall–Kier alpha value is -2.01. The lowest BCUT2D eigenvalue weighted by molar-refractivity contribution is -0.115. The zero-order valence-electron chi connectivity index (χ0n) is 11.4. The van der Waals surface area contributed by atoms with E-state index < -0.39 is 0 Å². The Morgan fingerprint density at radius 2 is 2.14 bits per heavy atom. The van der Waals surface area contributed by atoms with Crippen molar-refractivity contribution < 1.29 is 9.18 Å². The van der Waals surface area contributed by atoms with Gasteiger partial charge in [-0.2, -0.15) is 0 Å². The van der Waals surface area contributed by atoms with E-state index in [1.807, 2.05) is 5.38 Å². The molecule has 1 unspecified atom stereocenters. The van der Waals surface area contributed by atoms with Crippen molar-refractivity contribution >= 4 is 17.1 Å². The zero-order chi connectivity index (χ0) is 14.7. The number of carbonyl (C=O) groups excluding carboxylic acids is 1. The number of ketones is 1. The third-order valence-electron chi connectivity index (χ3n) is 3.45. The Morgan fingerprint density at radius 1 is 1.29 bits per heavy atom. The van der Waals surface area contributed by atoms with E-state index in [1.165, 1.54) is 17.4 Å². The van der Waals surface area contributed by atoms with Gasteiger partial charge >= 0.3 is 0 Å². The molecule has 0 saturated carbocycles. The Bertz CT molecular complexity index is 667. The van der Waals surface area contributed by atoms with Gasteiger partial charge in [-0.15, -0.1) is 11.3 Å². The van der Waals surface area contributed by atoms with Crippen LogP contribution >= 0.6 is 11.3 Å². The number of nitrogens with one attached hydrogen (secondary N) is 1. The van der Waals surface area contributed by atoms with Crippen molar-refractivity contribution in [1.29, 1.82) is 0 Å². The predicted molar refractivity (Wildman–Crippen MR) is 80.4 cm³/mol. The maximum atomic E-state index is 14.1. The first-order valence-corrected chi connectivity index (χ1v) is 7.76. The van der Waals surface area contributed by atoms with Gasteiger partial charge in [-0.25, -0.2) is 9.37 Å². The van der Waals surface area contributed by atoms with Crippen molar-refractivity contribution in [2.24, 2.45) is 0 Å². The van der Waals surface area contributed by atoms with Gasteiger partial charge in [0.15, 0.2) is 5.78 Å². The molecular weight excluding hydrogens is 287 g/mol. The Balaban J connectivity index is 1.94. The number of hydrogen-bond acceptors (Lipinski definition) is 4. The second kappa shape index (κ2) is 6.18. The molecular formula is C16H15FN2OS. The molecule has 3 nitrogen and oxygen atoms in total.